The highest BCUT2D eigenvalue weighted by atomic mass is 16.5. The van der Waals surface area contributed by atoms with Crippen molar-refractivity contribution >= 4 is 5.97 Å². The molecule has 0 aromatic heterocycles. The van der Waals surface area contributed by atoms with Gasteiger partial charge in [0.2, 0.25) is 0 Å². The Morgan fingerprint density at radius 1 is 1.60 bits per heavy atom. The van der Waals surface area contributed by atoms with Crippen LogP contribution in [0.25, 0.3) is 0 Å². The summed E-state index contributed by atoms with van der Waals surface area (Å²) in [5.74, 6) is -0.161. The summed E-state index contributed by atoms with van der Waals surface area (Å²) >= 11 is 0. The highest BCUT2D eigenvalue weighted by Crippen LogP contribution is 2.24. The molecule has 0 spiro atoms. The molecule has 15 heavy (non-hydrogen) atoms. The standard InChI is InChI=1S/C11H22N2O2/c1-4-15-11(14)9(2)12-7-8-13(3)10-5-6-10/h9-10,12H,4-8H2,1-3H3. The molecule has 1 saturated carbocycles. The van der Waals surface area contributed by atoms with Crippen LogP contribution < -0.4 is 5.32 Å². The second kappa shape index (κ2) is 6.08. The van der Waals surface area contributed by atoms with Gasteiger partial charge in [0.05, 0.1) is 6.61 Å². The third-order valence-electron chi connectivity index (χ3n) is 2.73. The summed E-state index contributed by atoms with van der Waals surface area (Å²) in [5, 5.41) is 3.16. The van der Waals surface area contributed by atoms with Crippen molar-refractivity contribution in [2.24, 2.45) is 0 Å². The fourth-order valence-corrected chi connectivity index (χ4v) is 1.51. The number of hydrogen-bond donors (Lipinski definition) is 1. The van der Waals surface area contributed by atoms with Gasteiger partial charge < -0.3 is 15.0 Å². The monoisotopic (exact) mass is 214 g/mol. The molecule has 0 heterocycles. The molecule has 1 atom stereocenters. The van der Waals surface area contributed by atoms with Gasteiger partial charge in [-0.1, -0.05) is 0 Å². The summed E-state index contributed by atoms with van der Waals surface area (Å²) in [6, 6.07) is 0.585. The summed E-state index contributed by atoms with van der Waals surface area (Å²) in [4.78, 5) is 13.6. The van der Waals surface area contributed by atoms with Crippen LogP contribution in [0.3, 0.4) is 0 Å². The Kier molecular flexibility index (Phi) is 5.05. The minimum atomic E-state index is -0.197. The van der Waals surface area contributed by atoms with Gasteiger partial charge in [0.25, 0.3) is 0 Å². The third-order valence-corrected chi connectivity index (χ3v) is 2.73. The molecular weight excluding hydrogens is 192 g/mol. The summed E-state index contributed by atoms with van der Waals surface area (Å²) < 4.78 is 4.91. The lowest BCUT2D eigenvalue weighted by Crippen LogP contribution is -2.40. The van der Waals surface area contributed by atoms with Crippen LogP contribution in [-0.4, -0.2) is 49.7 Å². The average molecular weight is 214 g/mol. The molecule has 1 N–H and O–H groups in total. The molecule has 0 amide bonds. The van der Waals surface area contributed by atoms with E-state index in [9.17, 15) is 4.79 Å². The fourth-order valence-electron chi connectivity index (χ4n) is 1.51. The van der Waals surface area contributed by atoms with Gasteiger partial charge in [-0.05, 0) is 33.7 Å². The molecule has 1 rings (SSSR count). The van der Waals surface area contributed by atoms with Crippen molar-refractivity contribution in [1.29, 1.82) is 0 Å². The normalized spacial score (nSPS) is 17.9. The van der Waals surface area contributed by atoms with Crippen LogP contribution >= 0.6 is 0 Å². The second-order valence-corrected chi connectivity index (χ2v) is 4.14. The van der Waals surface area contributed by atoms with Gasteiger partial charge in [-0.2, -0.15) is 0 Å². The Labute approximate surface area is 92.0 Å². The van der Waals surface area contributed by atoms with Crippen LogP contribution in [0.1, 0.15) is 26.7 Å². The molecule has 88 valence electrons. The Hall–Kier alpha value is -0.610. The Bertz CT molecular complexity index is 205. The van der Waals surface area contributed by atoms with Gasteiger partial charge in [0.15, 0.2) is 0 Å². The van der Waals surface area contributed by atoms with Crippen molar-refractivity contribution in [3.05, 3.63) is 0 Å². The van der Waals surface area contributed by atoms with Crippen LogP contribution in [0.15, 0.2) is 0 Å². The van der Waals surface area contributed by atoms with E-state index in [0.29, 0.717) is 6.61 Å². The second-order valence-electron chi connectivity index (χ2n) is 4.14. The van der Waals surface area contributed by atoms with Gasteiger partial charge in [-0.3, -0.25) is 4.79 Å². The molecule has 0 aliphatic heterocycles. The minimum absolute atomic E-state index is 0.161. The van der Waals surface area contributed by atoms with E-state index < -0.39 is 0 Å². The third kappa shape index (κ3) is 4.62. The van der Waals surface area contributed by atoms with E-state index in [2.05, 4.69) is 17.3 Å². The molecule has 0 aromatic carbocycles. The van der Waals surface area contributed by atoms with E-state index in [1.165, 1.54) is 12.8 Å². The van der Waals surface area contributed by atoms with Crippen LogP contribution in [0.5, 0.6) is 0 Å². The first-order chi connectivity index (χ1) is 7.15. The number of ether oxygens (including phenoxy) is 1. The highest BCUT2D eigenvalue weighted by molar-refractivity contribution is 5.75. The Balaban J connectivity index is 2.05. The van der Waals surface area contributed by atoms with Crippen molar-refractivity contribution in [2.45, 2.75) is 38.8 Å². The summed E-state index contributed by atoms with van der Waals surface area (Å²) in [7, 11) is 2.13. The molecule has 4 heteroatoms. The molecule has 4 nitrogen and oxygen atoms in total. The lowest BCUT2D eigenvalue weighted by atomic mass is 10.3. The molecule has 0 aromatic rings. The first kappa shape index (κ1) is 12.5. The SMILES string of the molecule is CCOC(=O)C(C)NCCN(C)C1CC1. The number of nitrogens with zero attached hydrogens (tertiary/aromatic N) is 1. The maximum atomic E-state index is 11.3. The summed E-state index contributed by atoms with van der Waals surface area (Å²) in [6.07, 6.45) is 2.65. The minimum Gasteiger partial charge on any atom is -0.465 e. The maximum absolute atomic E-state index is 11.3. The van der Waals surface area contributed by atoms with Crippen LogP contribution in [-0.2, 0) is 9.53 Å². The summed E-state index contributed by atoms with van der Waals surface area (Å²) in [6.45, 7) is 5.95. The number of esters is 1. The van der Waals surface area contributed by atoms with E-state index in [0.717, 1.165) is 19.1 Å². The zero-order valence-corrected chi connectivity index (χ0v) is 9.95. The number of rotatable bonds is 7. The van der Waals surface area contributed by atoms with E-state index in [1.54, 1.807) is 0 Å². The van der Waals surface area contributed by atoms with E-state index in [-0.39, 0.29) is 12.0 Å². The quantitative estimate of drug-likeness (QED) is 0.631. The topological polar surface area (TPSA) is 41.6 Å². The van der Waals surface area contributed by atoms with Crippen molar-refractivity contribution in [3.63, 3.8) is 0 Å². The predicted molar refractivity (Wildman–Crippen MR) is 59.7 cm³/mol. The molecule has 1 aliphatic carbocycles. The van der Waals surface area contributed by atoms with Gasteiger partial charge in [0, 0.05) is 19.1 Å². The van der Waals surface area contributed by atoms with Gasteiger partial charge in [-0.25, -0.2) is 0 Å². The van der Waals surface area contributed by atoms with Crippen molar-refractivity contribution < 1.29 is 9.53 Å². The Morgan fingerprint density at radius 3 is 2.80 bits per heavy atom. The molecule has 0 radical (unpaired) electrons. The van der Waals surface area contributed by atoms with Crippen LogP contribution in [0, 0.1) is 0 Å². The Morgan fingerprint density at radius 2 is 2.27 bits per heavy atom. The van der Waals surface area contributed by atoms with E-state index >= 15 is 0 Å². The molecule has 1 fully saturated rings. The lowest BCUT2D eigenvalue weighted by Gasteiger charge is -2.18. The van der Waals surface area contributed by atoms with Crippen molar-refractivity contribution in [2.75, 3.05) is 26.7 Å². The molecule has 1 aliphatic rings. The fraction of sp³-hybridized carbons (Fsp3) is 0.909. The average Bonchev–Trinajstić information content (AvgIpc) is 3.00. The lowest BCUT2D eigenvalue weighted by molar-refractivity contribution is -0.145. The molecule has 0 bridgehead atoms. The predicted octanol–water partition coefficient (Wildman–Crippen LogP) is 0.622. The first-order valence-corrected chi connectivity index (χ1v) is 5.75. The van der Waals surface area contributed by atoms with Crippen LogP contribution in [0.4, 0.5) is 0 Å². The zero-order chi connectivity index (χ0) is 11.3. The molecule has 1 unspecified atom stereocenters. The number of nitrogens with one attached hydrogen (secondary N) is 1. The number of hydrogen-bond acceptors (Lipinski definition) is 4. The van der Waals surface area contributed by atoms with Gasteiger partial charge in [0.1, 0.15) is 6.04 Å². The van der Waals surface area contributed by atoms with Gasteiger partial charge in [-0.15, -0.1) is 0 Å². The van der Waals surface area contributed by atoms with Crippen LogP contribution in [0.2, 0.25) is 0 Å². The molecular formula is C11H22N2O2. The zero-order valence-electron chi connectivity index (χ0n) is 9.95. The van der Waals surface area contributed by atoms with E-state index in [1.807, 2.05) is 13.8 Å². The number of carbonyl (C=O) groups excluding carboxylic acids is 1. The van der Waals surface area contributed by atoms with Gasteiger partial charge >= 0.3 is 5.97 Å². The largest absolute Gasteiger partial charge is 0.465 e. The molecule has 0 saturated heterocycles. The smallest absolute Gasteiger partial charge is 0.322 e. The van der Waals surface area contributed by atoms with Crippen molar-refractivity contribution in [3.8, 4) is 0 Å². The highest BCUT2D eigenvalue weighted by Gasteiger charge is 2.25. The number of carbonyl (C=O) groups is 1. The van der Waals surface area contributed by atoms with E-state index in [4.69, 9.17) is 4.74 Å². The first-order valence-electron chi connectivity index (χ1n) is 5.75. The maximum Gasteiger partial charge on any atom is 0.322 e. The number of likely N-dealkylation sites (N-methyl/N-ethyl adjacent to an activating group) is 1. The summed E-state index contributed by atoms with van der Waals surface area (Å²) in [5.41, 5.74) is 0. The van der Waals surface area contributed by atoms with Crippen molar-refractivity contribution in [1.82, 2.24) is 10.2 Å².